The number of nitrogens with one attached hydrogen (secondary N) is 1. The third-order valence-electron chi connectivity index (χ3n) is 3.39. The van der Waals surface area contributed by atoms with E-state index in [1.807, 2.05) is 0 Å². The van der Waals surface area contributed by atoms with Crippen LogP contribution in [0.15, 0.2) is 53.4 Å². The monoisotopic (exact) mass is 335 g/mol. The Labute approximate surface area is 135 Å². The largest absolute Gasteiger partial charge is 0.323 e. The van der Waals surface area contributed by atoms with Crippen LogP contribution >= 0.6 is 0 Å². The van der Waals surface area contributed by atoms with E-state index >= 15 is 0 Å². The molecule has 1 N–H and O–H groups in total. The average Bonchev–Trinajstić information content (AvgIpc) is 2.50. The van der Waals surface area contributed by atoms with E-state index in [1.165, 1.54) is 24.3 Å². The maximum atomic E-state index is 13.5. The van der Waals surface area contributed by atoms with Gasteiger partial charge in [0.1, 0.15) is 5.82 Å². The Morgan fingerprint density at radius 3 is 2.26 bits per heavy atom. The van der Waals surface area contributed by atoms with Crippen molar-refractivity contribution in [2.75, 3.05) is 5.32 Å². The molecule has 4 nitrogen and oxygen atoms in total. The van der Waals surface area contributed by atoms with Crippen LogP contribution in [-0.4, -0.2) is 19.6 Å². The smallest absolute Gasteiger partial charge is 0.228 e. The minimum Gasteiger partial charge on any atom is -0.323 e. The van der Waals surface area contributed by atoms with Gasteiger partial charge in [0.15, 0.2) is 9.84 Å². The summed E-state index contributed by atoms with van der Waals surface area (Å²) in [5.74, 6) is -0.867. The Kier molecular flexibility index (Phi) is 5.15. The maximum Gasteiger partial charge on any atom is 0.228 e. The Hall–Kier alpha value is -2.21. The lowest BCUT2D eigenvalue weighted by molar-refractivity contribution is -0.115. The molecular weight excluding hydrogens is 317 g/mol. The molecule has 0 saturated carbocycles. The Morgan fingerprint density at radius 2 is 1.70 bits per heavy atom. The van der Waals surface area contributed by atoms with Crippen LogP contribution in [-0.2, 0) is 21.1 Å². The number of hydrogen-bond acceptors (Lipinski definition) is 3. The first-order valence-electron chi connectivity index (χ1n) is 7.18. The number of hydrogen-bond donors (Lipinski definition) is 1. The molecule has 0 fully saturated rings. The van der Waals surface area contributed by atoms with Crippen molar-refractivity contribution >= 4 is 21.4 Å². The highest BCUT2D eigenvalue weighted by atomic mass is 32.2. The van der Waals surface area contributed by atoms with Crippen molar-refractivity contribution in [3.63, 3.8) is 0 Å². The lowest BCUT2D eigenvalue weighted by Crippen LogP contribution is -2.16. The van der Waals surface area contributed by atoms with E-state index in [2.05, 4.69) is 5.32 Å². The van der Waals surface area contributed by atoms with Gasteiger partial charge in [-0.15, -0.1) is 0 Å². The fourth-order valence-electron chi connectivity index (χ4n) is 2.01. The molecule has 0 bridgehead atoms. The van der Waals surface area contributed by atoms with Crippen LogP contribution < -0.4 is 5.32 Å². The van der Waals surface area contributed by atoms with Gasteiger partial charge >= 0.3 is 0 Å². The first-order valence-corrected chi connectivity index (χ1v) is 8.72. The fourth-order valence-corrected chi connectivity index (χ4v) is 3.07. The molecule has 1 amide bonds. The second kappa shape index (κ2) is 6.91. The van der Waals surface area contributed by atoms with Crippen molar-refractivity contribution in [1.82, 2.24) is 0 Å². The van der Waals surface area contributed by atoms with Gasteiger partial charge < -0.3 is 5.32 Å². The molecule has 0 aliphatic rings. The number of sulfone groups is 1. The molecule has 6 heteroatoms. The number of carbonyl (C=O) groups is 1. The number of para-hydroxylation sites is 1. The Bertz CT molecular complexity index is 799. The van der Waals surface area contributed by atoms with E-state index in [1.54, 1.807) is 38.1 Å². The van der Waals surface area contributed by atoms with E-state index in [0.717, 1.165) is 0 Å². The number of benzene rings is 2. The van der Waals surface area contributed by atoms with Gasteiger partial charge in [0, 0.05) is 0 Å². The van der Waals surface area contributed by atoms with Crippen molar-refractivity contribution in [2.24, 2.45) is 0 Å². The number of rotatable bonds is 5. The van der Waals surface area contributed by atoms with Crippen LogP contribution in [0.2, 0.25) is 0 Å². The van der Waals surface area contributed by atoms with Gasteiger partial charge in [0.25, 0.3) is 0 Å². The molecule has 0 radical (unpaired) electrons. The number of halogens is 1. The van der Waals surface area contributed by atoms with Gasteiger partial charge in [-0.3, -0.25) is 4.79 Å². The van der Waals surface area contributed by atoms with Crippen LogP contribution in [0, 0.1) is 5.82 Å². The molecule has 23 heavy (non-hydrogen) atoms. The molecule has 0 atom stereocenters. The van der Waals surface area contributed by atoms with Crippen LogP contribution in [0.3, 0.4) is 0 Å². The first-order chi connectivity index (χ1) is 10.8. The molecule has 2 aromatic rings. The van der Waals surface area contributed by atoms with Gasteiger partial charge in [-0.1, -0.05) is 24.3 Å². The molecule has 0 aliphatic heterocycles. The maximum absolute atomic E-state index is 13.5. The summed E-state index contributed by atoms with van der Waals surface area (Å²) >= 11 is 0. The first kappa shape index (κ1) is 17.1. The quantitative estimate of drug-likeness (QED) is 0.913. The Morgan fingerprint density at radius 1 is 1.09 bits per heavy atom. The number of carbonyl (C=O) groups excluding carboxylic acids is 1. The summed E-state index contributed by atoms with van der Waals surface area (Å²) in [5, 5.41) is 1.99. The molecule has 0 unspecified atom stereocenters. The van der Waals surface area contributed by atoms with Crippen molar-refractivity contribution in [3.05, 3.63) is 59.9 Å². The average molecular weight is 335 g/mol. The van der Waals surface area contributed by atoms with Gasteiger partial charge in [0.05, 0.1) is 22.3 Å². The van der Waals surface area contributed by atoms with Crippen molar-refractivity contribution in [2.45, 2.75) is 30.4 Å². The summed E-state index contributed by atoms with van der Waals surface area (Å²) in [7, 11) is -3.33. The fraction of sp³-hybridized carbons (Fsp3) is 0.235. The molecule has 122 valence electrons. The molecule has 0 saturated heterocycles. The number of amides is 1. The molecule has 0 aromatic heterocycles. The zero-order chi connectivity index (χ0) is 17.0. The van der Waals surface area contributed by atoms with Crippen molar-refractivity contribution < 1.29 is 17.6 Å². The molecule has 0 heterocycles. The highest BCUT2D eigenvalue weighted by Crippen LogP contribution is 2.17. The van der Waals surface area contributed by atoms with Crippen molar-refractivity contribution in [1.29, 1.82) is 0 Å². The standard InChI is InChI=1S/C17H18FNO3S/c1-12(2)23(21,22)14-9-7-13(8-10-14)11-17(20)19-16-6-4-3-5-15(16)18/h3-10,12H,11H2,1-2H3,(H,19,20). The van der Waals surface area contributed by atoms with E-state index in [9.17, 15) is 17.6 Å². The third kappa shape index (κ3) is 4.16. The zero-order valence-electron chi connectivity index (χ0n) is 12.9. The van der Waals surface area contributed by atoms with Gasteiger partial charge in [-0.25, -0.2) is 12.8 Å². The van der Waals surface area contributed by atoms with Crippen LogP contribution in [0.5, 0.6) is 0 Å². The molecule has 0 spiro atoms. The molecular formula is C17H18FNO3S. The minimum atomic E-state index is -3.33. The van der Waals surface area contributed by atoms with Gasteiger partial charge in [-0.2, -0.15) is 0 Å². The van der Waals surface area contributed by atoms with Crippen molar-refractivity contribution in [3.8, 4) is 0 Å². The highest BCUT2D eigenvalue weighted by molar-refractivity contribution is 7.92. The number of anilines is 1. The zero-order valence-corrected chi connectivity index (χ0v) is 13.7. The normalized spacial score (nSPS) is 11.5. The Balaban J connectivity index is 2.07. The lowest BCUT2D eigenvalue weighted by atomic mass is 10.1. The van der Waals surface area contributed by atoms with Gasteiger partial charge in [0.2, 0.25) is 5.91 Å². The summed E-state index contributed by atoms with van der Waals surface area (Å²) in [6.45, 7) is 3.23. The van der Waals surface area contributed by atoms with Crippen LogP contribution in [0.25, 0.3) is 0 Å². The summed E-state index contributed by atoms with van der Waals surface area (Å²) in [6, 6.07) is 12.1. The highest BCUT2D eigenvalue weighted by Gasteiger charge is 2.18. The predicted octanol–water partition coefficient (Wildman–Crippen LogP) is 3.19. The lowest BCUT2D eigenvalue weighted by Gasteiger charge is -2.09. The predicted molar refractivity (Wildman–Crippen MR) is 87.5 cm³/mol. The molecule has 2 rings (SSSR count). The second-order valence-corrected chi connectivity index (χ2v) is 7.95. The van der Waals surface area contributed by atoms with E-state index < -0.39 is 20.9 Å². The summed E-state index contributed by atoms with van der Waals surface area (Å²) in [5.41, 5.74) is 0.776. The summed E-state index contributed by atoms with van der Waals surface area (Å²) in [4.78, 5) is 12.2. The van der Waals surface area contributed by atoms with E-state index in [4.69, 9.17) is 0 Å². The van der Waals surface area contributed by atoms with E-state index in [0.29, 0.717) is 5.56 Å². The topological polar surface area (TPSA) is 63.2 Å². The minimum absolute atomic E-state index is 0.0380. The van der Waals surface area contributed by atoms with Gasteiger partial charge in [-0.05, 0) is 43.7 Å². The van der Waals surface area contributed by atoms with Crippen LogP contribution in [0.1, 0.15) is 19.4 Å². The van der Waals surface area contributed by atoms with Crippen LogP contribution in [0.4, 0.5) is 10.1 Å². The second-order valence-electron chi connectivity index (χ2n) is 5.44. The third-order valence-corrected chi connectivity index (χ3v) is 5.56. The summed E-state index contributed by atoms with van der Waals surface area (Å²) in [6.07, 6.45) is 0.0380. The van der Waals surface area contributed by atoms with E-state index in [-0.39, 0.29) is 22.9 Å². The summed E-state index contributed by atoms with van der Waals surface area (Å²) < 4.78 is 37.5. The molecule has 0 aliphatic carbocycles. The SMILES string of the molecule is CC(C)S(=O)(=O)c1ccc(CC(=O)Nc2ccccc2F)cc1. The molecule has 2 aromatic carbocycles.